The van der Waals surface area contributed by atoms with Crippen LogP contribution in [0, 0.1) is 13.8 Å². The molecule has 128 valence electrons. The van der Waals surface area contributed by atoms with E-state index in [9.17, 15) is 9.90 Å². The number of nitrogens with one attached hydrogen (secondary N) is 1. The molecule has 5 nitrogen and oxygen atoms in total. The highest BCUT2D eigenvalue weighted by atomic mass is 16.3. The van der Waals surface area contributed by atoms with Gasteiger partial charge >= 0.3 is 0 Å². The second kappa shape index (κ2) is 7.21. The number of carbonyl (C=O) groups excluding carboxylic acids is 1. The van der Waals surface area contributed by atoms with E-state index in [0.717, 1.165) is 17.0 Å². The average molecular weight is 335 g/mol. The maximum Gasteiger partial charge on any atom is 0.251 e. The quantitative estimate of drug-likeness (QED) is 0.752. The summed E-state index contributed by atoms with van der Waals surface area (Å²) in [4.78, 5) is 12.4. The maximum absolute atomic E-state index is 12.4. The van der Waals surface area contributed by atoms with Crippen molar-refractivity contribution in [1.29, 1.82) is 0 Å². The van der Waals surface area contributed by atoms with Crippen molar-refractivity contribution in [2.75, 3.05) is 0 Å². The zero-order valence-corrected chi connectivity index (χ0v) is 14.4. The molecule has 0 radical (unpaired) electrons. The lowest BCUT2D eigenvalue weighted by molar-refractivity contribution is 0.0950. The van der Waals surface area contributed by atoms with Crippen molar-refractivity contribution in [2.45, 2.75) is 26.9 Å². The van der Waals surface area contributed by atoms with Crippen LogP contribution in [0.5, 0.6) is 5.75 Å². The van der Waals surface area contributed by atoms with Crippen molar-refractivity contribution in [3.8, 4) is 5.75 Å². The highest BCUT2D eigenvalue weighted by Crippen LogP contribution is 2.15. The first kappa shape index (κ1) is 16.8. The molecule has 1 amide bonds. The molecule has 0 aliphatic carbocycles. The van der Waals surface area contributed by atoms with Gasteiger partial charge in [0.2, 0.25) is 0 Å². The summed E-state index contributed by atoms with van der Waals surface area (Å²) in [5, 5.41) is 17.1. The van der Waals surface area contributed by atoms with E-state index in [4.69, 9.17) is 0 Å². The number of hydrogen-bond donors (Lipinski definition) is 2. The molecule has 0 bridgehead atoms. The number of aromatic hydroxyl groups is 1. The first-order chi connectivity index (χ1) is 12.0. The third kappa shape index (κ3) is 4.07. The number of nitrogens with zero attached hydrogens (tertiary/aromatic N) is 2. The van der Waals surface area contributed by atoms with Crippen LogP contribution in [0.3, 0.4) is 0 Å². The molecule has 3 rings (SSSR count). The Morgan fingerprint density at radius 1 is 1.12 bits per heavy atom. The summed E-state index contributed by atoms with van der Waals surface area (Å²) < 4.78 is 1.92. The molecule has 0 saturated carbocycles. The van der Waals surface area contributed by atoms with Crippen LogP contribution in [-0.2, 0) is 13.1 Å². The standard InChI is InChI=1S/C20H21N3O2/c1-14-10-15(2)23(22-14)13-16-6-5-8-17(11-16)20(25)21-12-18-7-3-4-9-19(18)24/h3-11,24H,12-13H2,1-2H3,(H,21,25). The van der Waals surface area contributed by atoms with Crippen LogP contribution in [0.15, 0.2) is 54.6 Å². The molecule has 3 aromatic rings. The molecular weight excluding hydrogens is 314 g/mol. The van der Waals surface area contributed by atoms with E-state index in [2.05, 4.69) is 10.4 Å². The molecule has 1 heterocycles. The van der Waals surface area contributed by atoms with Gasteiger partial charge < -0.3 is 10.4 Å². The van der Waals surface area contributed by atoms with E-state index in [-0.39, 0.29) is 18.2 Å². The number of para-hydroxylation sites is 1. The zero-order valence-electron chi connectivity index (χ0n) is 14.4. The topological polar surface area (TPSA) is 67.2 Å². The molecule has 0 aliphatic heterocycles. The van der Waals surface area contributed by atoms with E-state index >= 15 is 0 Å². The Bertz CT molecular complexity index is 899. The first-order valence-corrected chi connectivity index (χ1v) is 8.18. The van der Waals surface area contributed by atoms with Gasteiger partial charge in [0.25, 0.3) is 5.91 Å². The lowest BCUT2D eigenvalue weighted by Gasteiger charge is -2.09. The fourth-order valence-electron chi connectivity index (χ4n) is 2.76. The molecule has 0 saturated heterocycles. The van der Waals surface area contributed by atoms with E-state index in [0.29, 0.717) is 17.7 Å². The number of hydrogen-bond acceptors (Lipinski definition) is 3. The minimum Gasteiger partial charge on any atom is -0.508 e. The summed E-state index contributed by atoms with van der Waals surface area (Å²) in [5.41, 5.74) is 4.37. The van der Waals surface area contributed by atoms with Gasteiger partial charge in [-0.25, -0.2) is 0 Å². The molecule has 0 aliphatic rings. The molecular formula is C20H21N3O2. The number of aromatic nitrogens is 2. The smallest absolute Gasteiger partial charge is 0.251 e. The van der Waals surface area contributed by atoms with E-state index in [1.165, 1.54) is 0 Å². The highest BCUT2D eigenvalue weighted by molar-refractivity contribution is 5.94. The molecule has 0 unspecified atom stereocenters. The Morgan fingerprint density at radius 2 is 1.92 bits per heavy atom. The number of amides is 1. The van der Waals surface area contributed by atoms with Crippen LogP contribution in [0.2, 0.25) is 0 Å². The third-order valence-corrected chi connectivity index (χ3v) is 4.06. The molecule has 2 N–H and O–H groups in total. The lowest BCUT2D eigenvalue weighted by atomic mass is 10.1. The highest BCUT2D eigenvalue weighted by Gasteiger charge is 2.09. The number of phenols is 1. The number of carbonyl (C=O) groups is 1. The molecule has 25 heavy (non-hydrogen) atoms. The molecule has 0 spiro atoms. The van der Waals surface area contributed by atoms with Gasteiger partial charge in [0.05, 0.1) is 12.2 Å². The van der Waals surface area contributed by atoms with Gasteiger partial charge in [-0.1, -0.05) is 30.3 Å². The Kier molecular flexibility index (Phi) is 4.84. The Labute approximate surface area is 146 Å². The van der Waals surface area contributed by atoms with Gasteiger partial charge in [0, 0.05) is 23.4 Å². The van der Waals surface area contributed by atoms with Gasteiger partial charge in [-0.2, -0.15) is 5.10 Å². The molecule has 5 heteroatoms. The van der Waals surface area contributed by atoms with Crippen LogP contribution in [0.1, 0.15) is 32.9 Å². The molecule has 1 aromatic heterocycles. The summed E-state index contributed by atoms with van der Waals surface area (Å²) >= 11 is 0. The number of phenolic OH excluding ortho intramolecular Hbond substituents is 1. The summed E-state index contributed by atoms with van der Waals surface area (Å²) in [5.74, 6) is 0.0135. The second-order valence-corrected chi connectivity index (χ2v) is 6.10. The Hall–Kier alpha value is -3.08. The molecule has 0 atom stereocenters. The monoisotopic (exact) mass is 335 g/mol. The fourth-order valence-corrected chi connectivity index (χ4v) is 2.76. The van der Waals surface area contributed by atoms with Crippen molar-refractivity contribution >= 4 is 5.91 Å². The summed E-state index contributed by atoms with van der Waals surface area (Å²) in [6.45, 7) is 4.89. The van der Waals surface area contributed by atoms with E-state index in [1.807, 2.05) is 48.9 Å². The van der Waals surface area contributed by atoms with E-state index < -0.39 is 0 Å². The average Bonchev–Trinajstić information content (AvgIpc) is 2.91. The van der Waals surface area contributed by atoms with Gasteiger partial charge in [-0.3, -0.25) is 9.48 Å². The SMILES string of the molecule is Cc1cc(C)n(Cc2cccc(C(=O)NCc3ccccc3O)c2)n1. The minimum atomic E-state index is -0.168. The molecule has 2 aromatic carbocycles. The summed E-state index contributed by atoms with van der Waals surface area (Å²) in [6, 6.07) is 16.5. The zero-order chi connectivity index (χ0) is 17.8. The maximum atomic E-state index is 12.4. The predicted octanol–water partition coefficient (Wildman–Crippen LogP) is 3.18. The van der Waals surface area contributed by atoms with Crippen LogP contribution >= 0.6 is 0 Å². The van der Waals surface area contributed by atoms with Gasteiger partial charge in [-0.15, -0.1) is 0 Å². The number of rotatable bonds is 5. The van der Waals surface area contributed by atoms with Crippen LogP contribution in [0.25, 0.3) is 0 Å². The van der Waals surface area contributed by atoms with Gasteiger partial charge in [0.15, 0.2) is 0 Å². The van der Waals surface area contributed by atoms with Crippen molar-refractivity contribution < 1.29 is 9.90 Å². The van der Waals surface area contributed by atoms with E-state index in [1.54, 1.807) is 24.3 Å². The van der Waals surface area contributed by atoms with Crippen LogP contribution in [-0.4, -0.2) is 20.8 Å². The largest absolute Gasteiger partial charge is 0.508 e. The second-order valence-electron chi connectivity index (χ2n) is 6.10. The normalized spacial score (nSPS) is 10.6. The summed E-state index contributed by atoms with van der Waals surface area (Å²) in [6.07, 6.45) is 0. The van der Waals surface area contributed by atoms with Gasteiger partial charge in [-0.05, 0) is 43.7 Å². The third-order valence-electron chi connectivity index (χ3n) is 4.06. The Balaban J connectivity index is 1.69. The fraction of sp³-hybridized carbons (Fsp3) is 0.200. The number of benzene rings is 2. The lowest BCUT2D eigenvalue weighted by Crippen LogP contribution is -2.23. The van der Waals surface area contributed by atoms with Crippen molar-refractivity contribution in [3.05, 3.63) is 82.7 Å². The van der Waals surface area contributed by atoms with Crippen molar-refractivity contribution in [3.63, 3.8) is 0 Å². The van der Waals surface area contributed by atoms with Crippen molar-refractivity contribution in [1.82, 2.24) is 15.1 Å². The van der Waals surface area contributed by atoms with Crippen LogP contribution in [0.4, 0.5) is 0 Å². The first-order valence-electron chi connectivity index (χ1n) is 8.18. The van der Waals surface area contributed by atoms with Crippen LogP contribution < -0.4 is 5.32 Å². The number of aryl methyl sites for hydroxylation is 2. The Morgan fingerprint density at radius 3 is 2.64 bits per heavy atom. The minimum absolute atomic E-state index is 0.168. The predicted molar refractivity (Wildman–Crippen MR) is 96.5 cm³/mol. The van der Waals surface area contributed by atoms with Crippen molar-refractivity contribution in [2.24, 2.45) is 0 Å². The summed E-state index contributed by atoms with van der Waals surface area (Å²) in [7, 11) is 0. The molecule has 0 fully saturated rings. The van der Waals surface area contributed by atoms with Gasteiger partial charge in [0.1, 0.15) is 5.75 Å².